The summed E-state index contributed by atoms with van der Waals surface area (Å²) in [5.74, 6) is 0.0911. The van der Waals surface area contributed by atoms with Crippen LogP contribution in [0.4, 0.5) is 11.9 Å². The fourth-order valence-electron chi connectivity index (χ4n) is 2.45. The summed E-state index contributed by atoms with van der Waals surface area (Å²) in [7, 11) is 0. The zero-order valence-corrected chi connectivity index (χ0v) is 13.5. The average molecular weight is 328 g/mol. The second kappa shape index (κ2) is 5.88. The largest absolute Gasteiger partial charge is 0.368 e. The van der Waals surface area contributed by atoms with Crippen LogP contribution < -0.4 is 11.5 Å². The number of carbonyl (C=O) groups is 1. The minimum atomic E-state index is -0.380. The quantitative estimate of drug-likeness (QED) is 0.495. The molecule has 0 aliphatic rings. The molecule has 0 radical (unpaired) electrons. The maximum absolute atomic E-state index is 12.8. The van der Waals surface area contributed by atoms with Crippen molar-refractivity contribution in [3.63, 3.8) is 0 Å². The number of benzene rings is 1. The number of thioether (sulfide) groups is 1. The summed E-state index contributed by atoms with van der Waals surface area (Å²) in [4.78, 5) is 27.8. The zero-order chi connectivity index (χ0) is 16.6. The summed E-state index contributed by atoms with van der Waals surface area (Å²) < 4.78 is 0. The first-order valence-corrected chi connectivity index (χ1v) is 7.89. The van der Waals surface area contributed by atoms with Gasteiger partial charge in [-0.05, 0) is 19.9 Å². The molecule has 3 rings (SSSR count). The van der Waals surface area contributed by atoms with Gasteiger partial charge in [0.15, 0.2) is 10.9 Å². The van der Waals surface area contributed by atoms with Crippen molar-refractivity contribution in [3.05, 3.63) is 35.5 Å². The number of nitrogens with zero attached hydrogens (tertiary/aromatic N) is 3. The molecule has 118 valence electrons. The second-order valence-corrected chi connectivity index (χ2v) is 6.44. The summed E-state index contributed by atoms with van der Waals surface area (Å²) in [5.41, 5.74) is 13.6. The third kappa shape index (κ3) is 2.98. The highest BCUT2D eigenvalue weighted by molar-refractivity contribution is 8.00. The molecule has 2 aromatic heterocycles. The van der Waals surface area contributed by atoms with Crippen molar-refractivity contribution >= 4 is 40.3 Å². The Bertz CT molecular complexity index is 871. The number of ketones is 1. The average Bonchev–Trinajstić information content (AvgIpc) is 2.81. The van der Waals surface area contributed by atoms with E-state index in [4.69, 9.17) is 11.5 Å². The fourth-order valence-corrected chi connectivity index (χ4v) is 3.28. The third-order valence-corrected chi connectivity index (χ3v) is 4.40. The number of hydrogen-bond donors (Lipinski definition) is 3. The van der Waals surface area contributed by atoms with Crippen molar-refractivity contribution < 1.29 is 4.79 Å². The van der Waals surface area contributed by atoms with Crippen LogP contribution in [-0.4, -0.2) is 31.0 Å². The van der Waals surface area contributed by atoms with E-state index in [-0.39, 0.29) is 22.9 Å². The third-order valence-electron chi connectivity index (χ3n) is 3.44. The molecule has 0 aliphatic heterocycles. The number of para-hydroxylation sites is 1. The molecule has 3 aromatic rings. The molecule has 8 heteroatoms. The smallest absolute Gasteiger partial charge is 0.225 e. The topological polar surface area (TPSA) is 124 Å². The molecule has 7 nitrogen and oxygen atoms in total. The maximum Gasteiger partial charge on any atom is 0.225 e. The SMILES string of the molecule is Cc1[nH]c2ccccc2c1C(=O)[C@@H](C)Sc1nc(N)nc(N)n1. The molecule has 23 heavy (non-hydrogen) atoms. The Labute approximate surface area is 136 Å². The lowest BCUT2D eigenvalue weighted by atomic mass is 10.1. The lowest BCUT2D eigenvalue weighted by Crippen LogP contribution is -2.15. The van der Waals surface area contributed by atoms with E-state index in [1.807, 2.05) is 38.1 Å². The first-order chi connectivity index (χ1) is 11.0. The molecule has 0 saturated heterocycles. The van der Waals surface area contributed by atoms with Crippen LogP contribution in [0.5, 0.6) is 0 Å². The van der Waals surface area contributed by atoms with Gasteiger partial charge in [-0.25, -0.2) is 0 Å². The minimum absolute atomic E-state index is 0.00232. The summed E-state index contributed by atoms with van der Waals surface area (Å²) in [6.45, 7) is 3.70. The highest BCUT2D eigenvalue weighted by atomic mass is 32.2. The maximum atomic E-state index is 12.8. The number of fused-ring (bicyclic) bond motifs is 1. The molecule has 0 aliphatic carbocycles. The minimum Gasteiger partial charge on any atom is -0.368 e. The molecule has 2 heterocycles. The van der Waals surface area contributed by atoms with Crippen molar-refractivity contribution in [1.29, 1.82) is 0 Å². The molecule has 0 unspecified atom stereocenters. The number of aromatic nitrogens is 4. The number of anilines is 2. The Morgan fingerprint density at radius 3 is 2.52 bits per heavy atom. The number of nitrogens with two attached hydrogens (primary N) is 2. The highest BCUT2D eigenvalue weighted by Gasteiger charge is 2.23. The Morgan fingerprint density at radius 1 is 1.17 bits per heavy atom. The summed E-state index contributed by atoms with van der Waals surface area (Å²) >= 11 is 1.21. The van der Waals surface area contributed by atoms with E-state index in [0.29, 0.717) is 10.7 Å². The van der Waals surface area contributed by atoms with E-state index in [9.17, 15) is 4.79 Å². The van der Waals surface area contributed by atoms with Gasteiger partial charge in [0.05, 0.1) is 5.25 Å². The number of H-pyrrole nitrogens is 1. The van der Waals surface area contributed by atoms with E-state index in [1.54, 1.807) is 0 Å². The predicted octanol–water partition coefficient (Wildman–Crippen LogP) is 2.19. The van der Waals surface area contributed by atoms with E-state index >= 15 is 0 Å². The molecule has 5 N–H and O–H groups in total. The molecule has 0 bridgehead atoms. The first-order valence-electron chi connectivity index (χ1n) is 7.01. The molecule has 1 atom stereocenters. The molecular weight excluding hydrogens is 312 g/mol. The van der Waals surface area contributed by atoms with Crippen LogP contribution in [-0.2, 0) is 0 Å². The van der Waals surface area contributed by atoms with Gasteiger partial charge < -0.3 is 16.5 Å². The summed E-state index contributed by atoms with van der Waals surface area (Å²) in [5, 5.41) is 0.875. The Morgan fingerprint density at radius 2 is 1.83 bits per heavy atom. The van der Waals surface area contributed by atoms with E-state index < -0.39 is 0 Å². The molecule has 0 amide bonds. The number of aryl methyl sites for hydroxylation is 1. The van der Waals surface area contributed by atoms with Crippen LogP contribution in [0.15, 0.2) is 29.4 Å². The number of rotatable bonds is 4. The van der Waals surface area contributed by atoms with Crippen molar-refractivity contribution in [2.75, 3.05) is 11.5 Å². The van der Waals surface area contributed by atoms with Crippen LogP contribution in [0.25, 0.3) is 10.9 Å². The number of nitrogens with one attached hydrogen (secondary N) is 1. The number of Topliss-reactive ketones (excluding diaryl/α,β-unsaturated/α-hetero) is 1. The van der Waals surface area contributed by atoms with Gasteiger partial charge in [0.2, 0.25) is 11.9 Å². The Kier molecular flexibility index (Phi) is 3.91. The van der Waals surface area contributed by atoms with Crippen molar-refractivity contribution in [2.45, 2.75) is 24.3 Å². The van der Waals surface area contributed by atoms with Crippen LogP contribution >= 0.6 is 11.8 Å². The lowest BCUT2D eigenvalue weighted by molar-refractivity contribution is 0.0995. The molecule has 0 spiro atoms. The highest BCUT2D eigenvalue weighted by Crippen LogP contribution is 2.28. The molecule has 0 fully saturated rings. The van der Waals surface area contributed by atoms with Gasteiger partial charge in [0.1, 0.15) is 0 Å². The van der Waals surface area contributed by atoms with Crippen LogP contribution in [0.3, 0.4) is 0 Å². The number of aromatic amines is 1. The summed E-state index contributed by atoms with van der Waals surface area (Å²) in [6, 6.07) is 7.73. The predicted molar refractivity (Wildman–Crippen MR) is 91.3 cm³/mol. The molecule has 1 aromatic carbocycles. The van der Waals surface area contributed by atoms with Crippen molar-refractivity contribution in [3.8, 4) is 0 Å². The summed E-state index contributed by atoms with van der Waals surface area (Å²) in [6.07, 6.45) is 0. The Balaban J connectivity index is 1.91. The van der Waals surface area contributed by atoms with Crippen molar-refractivity contribution in [1.82, 2.24) is 19.9 Å². The number of carbonyl (C=O) groups excluding carboxylic acids is 1. The lowest BCUT2D eigenvalue weighted by Gasteiger charge is -2.10. The van der Waals surface area contributed by atoms with Crippen LogP contribution in [0, 0.1) is 6.92 Å². The monoisotopic (exact) mass is 328 g/mol. The van der Waals surface area contributed by atoms with Gasteiger partial charge in [-0.15, -0.1) is 0 Å². The van der Waals surface area contributed by atoms with Crippen LogP contribution in [0.1, 0.15) is 23.0 Å². The van der Waals surface area contributed by atoms with Gasteiger partial charge in [0.25, 0.3) is 0 Å². The normalized spacial score (nSPS) is 12.4. The van der Waals surface area contributed by atoms with Gasteiger partial charge in [-0.1, -0.05) is 30.0 Å². The van der Waals surface area contributed by atoms with E-state index in [1.165, 1.54) is 11.8 Å². The number of hydrogen-bond acceptors (Lipinski definition) is 7. The van der Waals surface area contributed by atoms with Gasteiger partial charge in [-0.2, -0.15) is 15.0 Å². The number of nitrogen functional groups attached to an aromatic ring is 2. The van der Waals surface area contributed by atoms with Crippen molar-refractivity contribution in [2.24, 2.45) is 0 Å². The second-order valence-electron chi connectivity index (χ2n) is 5.13. The van der Waals surface area contributed by atoms with Gasteiger partial charge in [0, 0.05) is 22.2 Å². The standard InChI is InChI=1S/C15H16N6OS/c1-7-11(9-5-3-4-6-10(9)18-7)12(22)8(2)23-15-20-13(16)19-14(17)21-15/h3-6,8,18H,1-2H3,(H4,16,17,19,20,21)/t8-/m1/s1. The van der Waals surface area contributed by atoms with Gasteiger partial charge >= 0.3 is 0 Å². The molecular formula is C15H16N6OS. The Hall–Kier alpha value is -2.61. The van der Waals surface area contributed by atoms with E-state index in [0.717, 1.165) is 16.6 Å². The first kappa shape index (κ1) is 15.3. The fraction of sp³-hybridized carbons (Fsp3) is 0.200. The van der Waals surface area contributed by atoms with E-state index in [2.05, 4.69) is 19.9 Å². The molecule has 0 saturated carbocycles. The van der Waals surface area contributed by atoms with Gasteiger partial charge in [-0.3, -0.25) is 4.79 Å². The zero-order valence-electron chi connectivity index (χ0n) is 12.7. The van der Waals surface area contributed by atoms with Crippen LogP contribution in [0.2, 0.25) is 0 Å².